The van der Waals surface area contributed by atoms with Gasteiger partial charge in [0.1, 0.15) is 17.2 Å². The Morgan fingerprint density at radius 2 is 1.91 bits per heavy atom. The maximum Gasteiger partial charge on any atom is 0.410 e. The molecule has 0 aromatic heterocycles. The van der Waals surface area contributed by atoms with Gasteiger partial charge in [0.15, 0.2) is 0 Å². The number of halogens is 2. The minimum atomic E-state index is -0.647. The number of hydrogen-bond acceptors (Lipinski definition) is 3. The van der Waals surface area contributed by atoms with Gasteiger partial charge >= 0.3 is 6.09 Å². The van der Waals surface area contributed by atoms with Gasteiger partial charge in [0.25, 0.3) is 0 Å². The second kappa shape index (κ2) is 6.20. The Kier molecular flexibility index (Phi) is 4.70. The van der Waals surface area contributed by atoms with E-state index in [4.69, 9.17) is 4.74 Å². The van der Waals surface area contributed by atoms with Crippen molar-refractivity contribution < 1.29 is 23.4 Å². The Bertz CT molecular complexity index is 537. The number of likely N-dealkylation sites (tertiary alicyclic amines) is 1. The molecule has 122 valence electrons. The first-order chi connectivity index (χ1) is 10.2. The molecule has 1 amide bonds. The smallest absolute Gasteiger partial charge is 0.410 e. The summed E-state index contributed by atoms with van der Waals surface area (Å²) in [6, 6.07) is 2.93. The molecule has 1 aliphatic rings. The van der Waals surface area contributed by atoms with Crippen LogP contribution in [-0.4, -0.2) is 40.9 Å². The number of nitrogens with zero attached hydrogens (tertiary/aromatic N) is 1. The lowest BCUT2D eigenvalue weighted by molar-refractivity contribution is 0.0174. The van der Waals surface area contributed by atoms with E-state index >= 15 is 0 Å². The van der Waals surface area contributed by atoms with Crippen LogP contribution in [0.5, 0.6) is 0 Å². The summed E-state index contributed by atoms with van der Waals surface area (Å²) in [7, 11) is 0. The first-order valence-corrected chi connectivity index (χ1v) is 7.26. The molecule has 1 unspecified atom stereocenters. The monoisotopic (exact) mass is 313 g/mol. The quantitative estimate of drug-likeness (QED) is 0.913. The van der Waals surface area contributed by atoms with E-state index in [0.29, 0.717) is 12.0 Å². The van der Waals surface area contributed by atoms with Gasteiger partial charge in [0.2, 0.25) is 0 Å². The number of carbonyl (C=O) groups is 1. The van der Waals surface area contributed by atoms with E-state index in [1.807, 2.05) is 0 Å². The molecule has 6 heteroatoms. The summed E-state index contributed by atoms with van der Waals surface area (Å²) in [6.45, 7) is 5.33. The molecular formula is C16H21F2NO3. The number of aliphatic hydroxyl groups is 1. The zero-order valence-electron chi connectivity index (χ0n) is 13.0. The van der Waals surface area contributed by atoms with Crippen LogP contribution >= 0.6 is 0 Å². The molecule has 1 aromatic rings. The zero-order valence-corrected chi connectivity index (χ0v) is 13.0. The van der Waals surface area contributed by atoms with E-state index in [9.17, 15) is 18.7 Å². The van der Waals surface area contributed by atoms with Gasteiger partial charge in [-0.3, -0.25) is 0 Å². The van der Waals surface area contributed by atoms with Gasteiger partial charge in [-0.05, 0) is 44.9 Å². The number of aliphatic hydroxyl groups excluding tert-OH is 1. The predicted octanol–water partition coefficient (Wildman–Crippen LogP) is 3.05. The van der Waals surface area contributed by atoms with Gasteiger partial charge in [-0.2, -0.15) is 0 Å². The molecular weight excluding hydrogens is 292 g/mol. The first-order valence-electron chi connectivity index (χ1n) is 7.26. The normalized spacial score (nSPS) is 22.0. The number of rotatable bonds is 2. The summed E-state index contributed by atoms with van der Waals surface area (Å²) >= 11 is 0. The van der Waals surface area contributed by atoms with Crippen LogP contribution in [0.25, 0.3) is 0 Å². The third-order valence-electron chi connectivity index (χ3n) is 3.61. The lowest BCUT2D eigenvalue weighted by atomic mass is 9.96. The van der Waals surface area contributed by atoms with Gasteiger partial charge in [-0.1, -0.05) is 0 Å². The fourth-order valence-corrected chi connectivity index (χ4v) is 2.69. The maximum absolute atomic E-state index is 13.3. The highest BCUT2D eigenvalue weighted by Crippen LogP contribution is 2.33. The van der Waals surface area contributed by atoms with Crippen molar-refractivity contribution in [3.05, 3.63) is 35.4 Å². The molecule has 0 saturated carbocycles. The molecule has 1 N–H and O–H groups in total. The number of ether oxygens (including phenoxy) is 1. The summed E-state index contributed by atoms with van der Waals surface area (Å²) in [6.07, 6.45) is -0.0792. The second-order valence-electron chi connectivity index (χ2n) is 6.60. The van der Waals surface area contributed by atoms with Crippen molar-refractivity contribution in [2.75, 3.05) is 13.2 Å². The molecule has 1 aromatic carbocycles. The van der Waals surface area contributed by atoms with Crippen molar-refractivity contribution in [2.24, 2.45) is 0 Å². The largest absolute Gasteiger partial charge is 0.444 e. The fraction of sp³-hybridized carbons (Fsp3) is 0.562. The number of carbonyl (C=O) groups excluding carboxylic acids is 1. The fourth-order valence-electron chi connectivity index (χ4n) is 2.69. The van der Waals surface area contributed by atoms with Crippen molar-refractivity contribution in [3.8, 4) is 0 Å². The molecule has 1 fully saturated rings. The van der Waals surface area contributed by atoms with Gasteiger partial charge in [-0.25, -0.2) is 13.6 Å². The van der Waals surface area contributed by atoms with Crippen LogP contribution in [-0.2, 0) is 4.74 Å². The van der Waals surface area contributed by atoms with Crippen molar-refractivity contribution >= 4 is 6.09 Å². The molecule has 22 heavy (non-hydrogen) atoms. The molecule has 0 spiro atoms. The highest BCUT2D eigenvalue weighted by Gasteiger charge is 2.38. The van der Waals surface area contributed by atoms with Gasteiger partial charge in [0.05, 0.1) is 12.6 Å². The molecule has 0 aliphatic carbocycles. The lowest BCUT2D eigenvalue weighted by Gasteiger charge is -2.27. The molecule has 1 aliphatic heterocycles. The Hall–Kier alpha value is -1.69. The van der Waals surface area contributed by atoms with Crippen LogP contribution in [0.15, 0.2) is 18.2 Å². The minimum Gasteiger partial charge on any atom is -0.444 e. The highest BCUT2D eigenvalue weighted by molar-refractivity contribution is 5.69. The molecule has 1 heterocycles. The summed E-state index contributed by atoms with van der Waals surface area (Å²) in [5.41, 5.74) is -0.151. The summed E-state index contributed by atoms with van der Waals surface area (Å²) in [5, 5.41) is 9.46. The topological polar surface area (TPSA) is 49.8 Å². The predicted molar refractivity (Wildman–Crippen MR) is 77.5 cm³/mol. The third-order valence-corrected chi connectivity index (χ3v) is 3.61. The van der Waals surface area contributed by atoms with E-state index in [1.54, 1.807) is 20.8 Å². The molecule has 0 radical (unpaired) electrons. The summed E-state index contributed by atoms with van der Waals surface area (Å²) in [4.78, 5) is 13.6. The maximum atomic E-state index is 13.3. The molecule has 4 nitrogen and oxygen atoms in total. The van der Waals surface area contributed by atoms with E-state index < -0.39 is 29.4 Å². The number of benzene rings is 1. The van der Waals surface area contributed by atoms with E-state index in [0.717, 1.165) is 6.07 Å². The summed E-state index contributed by atoms with van der Waals surface area (Å²) < 4.78 is 32.0. The Morgan fingerprint density at radius 3 is 2.41 bits per heavy atom. The van der Waals surface area contributed by atoms with Crippen LogP contribution in [0.4, 0.5) is 13.6 Å². The number of hydrogen-bond donors (Lipinski definition) is 1. The van der Waals surface area contributed by atoms with E-state index in [-0.39, 0.29) is 19.1 Å². The average molecular weight is 313 g/mol. The average Bonchev–Trinajstić information content (AvgIpc) is 2.79. The lowest BCUT2D eigenvalue weighted by Crippen LogP contribution is -2.41. The molecule has 0 bridgehead atoms. The number of amides is 1. The zero-order chi connectivity index (χ0) is 16.5. The minimum absolute atomic E-state index is 0.215. The van der Waals surface area contributed by atoms with Gasteiger partial charge in [0, 0.05) is 18.5 Å². The van der Waals surface area contributed by atoms with Gasteiger partial charge < -0.3 is 14.7 Å². The highest BCUT2D eigenvalue weighted by atomic mass is 19.1. The summed E-state index contributed by atoms with van der Waals surface area (Å²) in [5.74, 6) is -1.52. The Morgan fingerprint density at radius 1 is 1.32 bits per heavy atom. The van der Waals surface area contributed by atoms with Crippen LogP contribution in [0.3, 0.4) is 0 Å². The van der Waals surface area contributed by atoms with Crippen LogP contribution in [0, 0.1) is 11.6 Å². The third kappa shape index (κ3) is 3.94. The van der Waals surface area contributed by atoms with E-state index in [1.165, 1.54) is 17.0 Å². The van der Waals surface area contributed by atoms with Crippen LogP contribution in [0.1, 0.15) is 38.7 Å². The Balaban J connectivity index is 2.16. The van der Waals surface area contributed by atoms with Crippen molar-refractivity contribution in [3.63, 3.8) is 0 Å². The van der Waals surface area contributed by atoms with Crippen LogP contribution < -0.4 is 0 Å². The van der Waals surface area contributed by atoms with E-state index in [2.05, 4.69) is 0 Å². The van der Waals surface area contributed by atoms with Crippen molar-refractivity contribution in [1.29, 1.82) is 0 Å². The molecule has 1 saturated heterocycles. The first kappa shape index (κ1) is 16.7. The SMILES string of the molecule is CC(C)(C)OC(=O)N1C[C@H](c2cc(F)cc(F)c2)CC1CO. The van der Waals surface area contributed by atoms with Crippen molar-refractivity contribution in [2.45, 2.75) is 44.8 Å². The Labute approximate surface area is 128 Å². The van der Waals surface area contributed by atoms with Gasteiger partial charge in [-0.15, -0.1) is 0 Å². The standard InChI is InChI=1S/C16H21F2NO3/c1-16(2,3)22-15(21)19-8-11(6-14(19)9-20)10-4-12(17)7-13(18)5-10/h4-5,7,11,14,20H,6,8-9H2,1-3H3/t11-,14?/m1/s1. The molecule has 2 atom stereocenters. The second-order valence-corrected chi connectivity index (χ2v) is 6.60. The van der Waals surface area contributed by atoms with Crippen LogP contribution in [0.2, 0.25) is 0 Å². The van der Waals surface area contributed by atoms with Crippen molar-refractivity contribution in [1.82, 2.24) is 4.90 Å². The molecule has 2 rings (SSSR count).